The van der Waals surface area contributed by atoms with Crippen molar-refractivity contribution in [1.82, 2.24) is 25.3 Å². The molecule has 0 aliphatic rings. The van der Waals surface area contributed by atoms with Crippen LogP contribution >= 0.6 is 0 Å². The Morgan fingerprint density at radius 3 is 2.58 bits per heavy atom. The van der Waals surface area contributed by atoms with E-state index in [1.165, 1.54) is 0 Å². The largest absolute Gasteiger partial charge is 0.421 e. The lowest BCUT2D eigenvalue weighted by atomic mass is 10.2. The molecule has 3 aromatic rings. The summed E-state index contributed by atoms with van der Waals surface area (Å²) in [5.41, 5.74) is 2.41. The summed E-state index contributed by atoms with van der Waals surface area (Å²) in [6.45, 7) is 3.64. The van der Waals surface area contributed by atoms with Gasteiger partial charge in [0.05, 0.1) is 12.2 Å². The minimum absolute atomic E-state index is 0.139. The van der Waals surface area contributed by atoms with Gasteiger partial charge in [0.15, 0.2) is 0 Å². The van der Waals surface area contributed by atoms with Crippen LogP contribution in [0.2, 0.25) is 0 Å². The molecule has 8 nitrogen and oxygen atoms in total. The van der Waals surface area contributed by atoms with Crippen molar-refractivity contribution in [3.8, 4) is 11.5 Å². The summed E-state index contributed by atoms with van der Waals surface area (Å²) in [6.07, 6.45) is 3.60. The van der Waals surface area contributed by atoms with Gasteiger partial charge < -0.3 is 15.1 Å². The molecule has 0 saturated carbocycles. The number of aromatic nitrogens is 4. The maximum Gasteiger partial charge on any atom is 0.319 e. The Morgan fingerprint density at radius 1 is 1.25 bits per heavy atom. The van der Waals surface area contributed by atoms with Gasteiger partial charge in [-0.15, -0.1) is 10.2 Å². The average Bonchev–Trinajstić information content (AvgIpc) is 3.16. The molecular weight excluding hydrogens is 308 g/mol. The molecule has 0 aliphatic carbocycles. The van der Waals surface area contributed by atoms with Crippen LogP contribution in [0.4, 0.5) is 10.5 Å². The second-order valence-corrected chi connectivity index (χ2v) is 5.47. The number of amides is 2. The first-order valence-electron chi connectivity index (χ1n) is 7.48. The molecule has 3 rings (SSSR count). The van der Waals surface area contributed by atoms with Crippen molar-refractivity contribution in [3.05, 3.63) is 48.1 Å². The van der Waals surface area contributed by atoms with Gasteiger partial charge in [-0.2, -0.15) is 5.10 Å². The van der Waals surface area contributed by atoms with E-state index in [1.807, 2.05) is 32.3 Å². The maximum absolute atomic E-state index is 12.1. The van der Waals surface area contributed by atoms with Crippen molar-refractivity contribution >= 4 is 11.7 Å². The van der Waals surface area contributed by atoms with E-state index in [1.54, 1.807) is 29.9 Å². The van der Waals surface area contributed by atoms with Crippen LogP contribution in [-0.4, -0.2) is 26.0 Å². The smallest absolute Gasteiger partial charge is 0.319 e. The summed E-state index contributed by atoms with van der Waals surface area (Å²) in [4.78, 5) is 12.1. The van der Waals surface area contributed by atoms with Crippen LogP contribution < -0.4 is 10.6 Å². The second-order valence-electron chi connectivity index (χ2n) is 5.47. The van der Waals surface area contributed by atoms with E-state index in [0.29, 0.717) is 17.5 Å². The van der Waals surface area contributed by atoms with Gasteiger partial charge in [0.2, 0.25) is 11.8 Å². The summed E-state index contributed by atoms with van der Waals surface area (Å²) in [6, 6.07) is 6.76. The van der Waals surface area contributed by atoms with Gasteiger partial charge in [0.25, 0.3) is 0 Å². The molecule has 8 heteroatoms. The van der Waals surface area contributed by atoms with E-state index < -0.39 is 0 Å². The number of benzene rings is 1. The predicted octanol–water partition coefficient (Wildman–Crippen LogP) is 2.66. The van der Waals surface area contributed by atoms with E-state index in [2.05, 4.69) is 25.9 Å². The van der Waals surface area contributed by atoms with Crippen LogP contribution in [0.5, 0.6) is 0 Å². The van der Waals surface area contributed by atoms with Crippen molar-refractivity contribution in [2.24, 2.45) is 7.05 Å². The van der Waals surface area contributed by atoms with E-state index in [4.69, 9.17) is 4.42 Å². The Kier molecular flexibility index (Phi) is 4.28. The maximum atomic E-state index is 12.1. The van der Waals surface area contributed by atoms with E-state index >= 15 is 0 Å². The predicted molar refractivity (Wildman–Crippen MR) is 88.2 cm³/mol. The molecule has 2 N–H and O–H groups in total. The highest BCUT2D eigenvalue weighted by molar-refractivity contribution is 5.89. The fourth-order valence-electron chi connectivity index (χ4n) is 2.22. The molecule has 2 aromatic heterocycles. The van der Waals surface area contributed by atoms with Crippen LogP contribution in [0.15, 0.2) is 41.1 Å². The van der Waals surface area contributed by atoms with Gasteiger partial charge in [0.1, 0.15) is 0 Å². The molecule has 2 amide bonds. The van der Waals surface area contributed by atoms with Crippen molar-refractivity contribution in [2.45, 2.75) is 19.9 Å². The van der Waals surface area contributed by atoms with Gasteiger partial charge in [0, 0.05) is 37.0 Å². The highest BCUT2D eigenvalue weighted by atomic mass is 16.4. The third-order valence-corrected chi connectivity index (χ3v) is 3.49. The zero-order valence-electron chi connectivity index (χ0n) is 13.6. The molecule has 0 radical (unpaired) electrons. The lowest BCUT2D eigenvalue weighted by molar-refractivity contribution is 0.249. The second kappa shape index (κ2) is 6.53. The summed E-state index contributed by atoms with van der Waals surface area (Å²) < 4.78 is 7.06. The molecule has 1 unspecified atom stereocenters. The zero-order valence-corrected chi connectivity index (χ0v) is 13.6. The van der Waals surface area contributed by atoms with E-state index in [9.17, 15) is 4.79 Å². The third-order valence-electron chi connectivity index (χ3n) is 3.49. The number of carbonyl (C=O) groups excluding carboxylic acids is 1. The zero-order chi connectivity index (χ0) is 17.1. The summed E-state index contributed by atoms with van der Waals surface area (Å²) >= 11 is 0. The van der Waals surface area contributed by atoms with Crippen LogP contribution in [-0.2, 0) is 7.05 Å². The molecule has 0 spiro atoms. The number of nitrogens with one attached hydrogen (secondary N) is 2. The number of hydrogen-bond acceptors (Lipinski definition) is 5. The fraction of sp³-hybridized carbons (Fsp3) is 0.250. The van der Waals surface area contributed by atoms with Crippen LogP contribution in [0.1, 0.15) is 24.4 Å². The van der Waals surface area contributed by atoms with Crippen molar-refractivity contribution in [2.75, 3.05) is 5.32 Å². The molecule has 1 atom stereocenters. The highest BCUT2D eigenvalue weighted by Crippen LogP contribution is 2.20. The molecule has 0 bridgehead atoms. The van der Waals surface area contributed by atoms with Gasteiger partial charge in [-0.25, -0.2) is 4.79 Å². The third kappa shape index (κ3) is 3.60. The highest BCUT2D eigenvalue weighted by Gasteiger charge is 2.11. The molecule has 0 saturated heterocycles. The number of anilines is 1. The first-order chi connectivity index (χ1) is 11.5. The standard InChI is InChI=1S/C16H18N6O2/c1-10(13-8-17-22(3)9-13)18-16(23)19-14-6-4-12(5-7-14)15-21-20-11(2)24-15/h4-10H,1-3H3,(H2,18,19,23). The molecule has 124 valence electrons. The normalized spacial score (nSPS) is 12.0. The molecular formula is C16H18N6O2. The Balaban J connectivity index is 1.60. The number of rotatable bonds is 4. The quantitative estimate of drug-likeness (QED) is 0.768. The van der Waals surface area contributed by atoms with Crippen molar-refractivity contribution in [3.63, 3.8) is 0 Å². The van der Waals surface area contributed by atoms with E-state index in [0.717, 1.165) is 11.1 Å². The van der Waals surface area contributed by atoms with Gasteiger partial charge in [-0.1, -0.05) is 0 Å². The van der Waals surface area contributed by atoms with Crippen LogP contribution in [0.3, 0.4) is 0 Å². The van der Waals surface area contributed by atoms with Gasteiger partial charge >= 0.3 is 6.03 Å². The Labute approximate surface area is 138 Å². The van der Waals surface area contributed by atoms with Crippen LogP contribution in [0.25, 0.3) is 11.5 Å². The molecule has 0 aliphatic heterocycles. The molecule has 24 heavy (non-hydrogen) atoms. The van der Waals surface area contributed by atoms with Gasteiger partial charge in [-0.3, -0.25) is 4.68 Å². The lowest BCUT2D eigenvalue weighted by Crippen LogP contribution is -2.30. The summed E-state index contributed by atoms with van der Waals surface area (Å²) in [5, 5.41) is 17.5. The Hall–Kier alpha value is -3.16. The minimum Gasteiger partial charge on any atom is -0.421 e. The van der Waals surface area contributed by atoms with Crippen LogP contribution in [0, 0.1) is 6.92 Å². The van der Waals surface area contributed by atoms with Crippen molar-refractivity contribution < 1.29 is 9.21 Å². The van der Waals surface area contributed by atoms with Gasteiger partial charge in [-0.05, 0) is 31.2 Å². The monoisotopic (exact) mass is 326 g/mol. The number of urea groups is 1. The number of aryl methyl sites for hydroxylation is 2. The Morgan fingerprint density at radius 2 is 2.00 bits per heavy atom. The minimum atomic E-state index is -0.285. The van der Waals surface area contributed by atoms with E-state index in [-0.39, 0.29) is 12.1 Å². The lowest BCUT2D eigenvalue weighted by Gasteiger charge is -2.13. The molecule has 1 aromatic carbocycles. The molecule has 0 fully saturated rings. The Bertz CT molecular complexity index is 836. The summed E-state index contributed by atoms with van der Waals surface area (Å²) in [5.74, 6) is 0.963. The first-order valence-corrected chi connectivity index (χ1v) is 7.48. The van der Waals surface area contributed by atoms with Crippen molar-refractivity contribution in [1.29, 1.82) is 0 Å². The average molecular weight is 326 g/mol. The number of nitrogens with zero attached hydrogens (tertiary/aromatic N) is 4. The molecule has 2 heterocycles. The number of hydrogen-bond donors (Lipinski definition) is 2. The number of carbonyl (C=O) groups is 1. The SMILES string of the molecule is Cc1nnc(-c2ccc(NC(=O)NC(C)c3cnn(C)c3)cc2)o1. The fourth-order valence-corrected chi connectivity index (χ4v) is 2.22. The topological polar surface area (TPSA) is 97.9 Å². The first kappa shape index (κ1) is 15.7. The summed E-state index contributed by atoms with van der Waals surface area (Å²) in [7, 11) is 1.84.